The fourth-order valence-electron chi connectivity index (χ4n) is 2.18. The molecule has 0 saturated heterocycles. The summed E-state index contributed by atoms with van der Waals surface area (Å²) in [5, 5.41) is 12.4. The summed E-state index contributed by atoms with van der Waals surface area (Å²) in [5.41, 5.74) is 0.334. The van der Waals surface area contributed by atoms with Gasteiger partial charge in [0.15, 0.2) is 0 Å². The molecule has 1 N–H and O–H groups in total. The van der Waals surface area contributed by atoms with Crippen LogP contribution in [0.25, 0.3) is 0 Å². The van der Waals surface area contributed by atoms with Crippen molar-refractivity contribution in [2.24, 2.45) is 5.41 Å². The van der Waals surface area contributed by atoms with Gasteiger partial charge in [-0.25, -0.2) is 0 Å². The number of hydrogen-bond donors (Lipinski definition) is 1. The predicted molar refractivity (Wildman–Crippen MR) is 71.6 cm³/mol. The monoisotopic (exact) mass is 240 g/mol. The van der Waals surface area contributed by atoms with E-state index in [9.17, 15) is 0 Å². The summed E-state index contributed by atoms with van der Waals surface area (Å²) in [6, 6.07) is 2.31. The van der Waals surface area contributed by atoms with E-state index in [1.54, 1.807) is 0 Å². The fraction of sp³-hybridized carbons (Fsp3) is 0.923. The highest BCUT2D eigenvalue weighted by molar-refractivity contribution is 8.00. The van der Waals surface area contributed by atoms with Crippen LogP contribution < -0.4 is 5.32 Å². The smallest absolute Gasteiger partial charge is 0.0628 e. The molecule has 0 atom stereocenters. The van der Waals surface area contributed by atoms with E-state index in [4.69, 9.17) is 5.26 Å². The van der Waals surface area contributed by atoms with Crippen molar-refractivity contribution in [2.45, 2.75) is 50.7 Å². The maximum absolute atomic E-state index is 8.76. The van der Waals surface area contributed by atoms with Gasteiger partial charge >= 0.3 is 0 Å². The van der Waals surface area contributed by atoms with Gasteiger partial charge in [-0.05, 0) is 37.4 Å². The van der Waals surface area contributed by atoms with Gasteiger partial charge in [0.05, 0.1) is 6.07 Å². The Hall–Kier alpha value is -0.200. The van der Waals surface area contributed by atoms with Crippen LogP contribution in [0, 0.1) is 16.7 Å². The van der Waals surface area contributed by atoms with Crippen LogP contribution >= 0.6 is 11.8 Å². The second-order valence-electron chi connectivity index (χ2n) is 5.03. The van der Waals surface area contributed by atoms with E-state index in [2.05, 4.69) is 31.5 Å². The van der Waals surface area contributed by atoms with E-state index in [1.165, 1.54) is 25.7 Å². The van der Waals surface area contributed by atoms with Crippen molar-refractivity contribution < 1.29 is 0 Å². The molecule has 1 aliphatic carbocycles. The lowest BCUT2D eigenvalue weighted by Gasteiger charge is -2.30. The summed E-state index contributed by atoms with van der Waals surface area (Å²) in [5.74, 6) is 0. The van der Waals surface area contributed by atoms with Crippen LogP contribution in [0.15, 0.2) is 0 Å². The molecule has 0 unspecified atom stereocenters. The zero-order valence-corrected chi connectivity index (χ0v) is 11.6. The van der Waals surface area contributed by atoms with Crippen molar-refractivity contribution in [3.05, 3.63) is 0 Å². The van der Waals surface area contributed by atoms with Gasteiger partial charge in [0.25, 0.3) is 0 Å². The van der Waals surface area contributed by atoms with E-state index in [0.29, 0.717) is 10.2 Å². The Morgan fingerprint density at radius 2 is 2.00 bits per heavy atom. The van der Waals surface area contributed by atoms with Crippen molar-refractivity contribution >= 4 is 11.8 Å². The highest BCUT2D eigenvalue weighted by Gasteiger charge is 2.42. The second-order valence-corrected chi connectivity index (χ2v) is 6.31. The van der Waals surface area contributed by atoms with Crippen LogP contribution in [0.4, 0.5) is 0 Å². The molecule has 1 saturated carbocycles. The molecule has 0 spiro atoms. The number of nitrogens with zero attached hydrogens (tertiary/aromatic N) is 1. The molecule has 3 heteroatoms. The summed E-state index contributed by atoms with van der Waals surface area (Å²) < 4.78 is 0.392. The highest BCUT2D eigenvalue weighted by Crippen LogP contribution is 2.48. The summed E-state index contributed by atoms with van der Waals surface area (Å²) in [6.45, 7) is 6.64. The SMILES string of the molecule is CCC(CC)(CNCC1(CC#N)CC1)SC. The Kier molecular flexibility index (Phi) is 5.14. The molecular formula is C13H24N2S. The zero-order chi connectivity index (χ0) is 12.1. The first-order chi connectivity index (χ1) is 7.66. The molecule has 1 fully saturated rings. The lowest BCUT2D eigenvalue weighted by molar-refractivity contribution is 0.425. The first-order valence-corrected chi connectivity index (χ1v) is 7.51. The van der Waals surface area contributed by atoms with E-state index in [0.717, 1.165) is 19.5 Å². The molecule has 0 aromatic heterocycles. The van der Waals surface area contributed by atoms with Crippen LogP contribution in [0.5, 0.6) is 0 Å². The molecule has 0 bridgehead atoms. The molecular weight excluding hydrogens is 216 g/mol. The quantitative estimate of drug-likeness (QED) is 0.708. The Balaban J connectivity index is 2.31. The van der Waals surface area contributed by atoms with Crippen LogP contribution in [-0.4, -0.2) is 24.1 Å². The van der Waals surface area contributed by atoms with Crippen molar-refractivity contribution in [2.75, 3.05) is 19.3 Å². The Morgan fingerprint density at radius 1 is 1.38 bits per heavy atom. The molecule has 2 nitrogen and oxygen atoms in total. The fourth-order valence-corrected chi connectivity index (χ4v) is 3.00. The normalized spacial score (nSPS) is 18.1. The molecule has 16 heavy (non-hydrogen) atoms. The average molecular weight is 240 g/mol. The van der Waals surface area contributed by atoms with Crippen LogP contribution in [-0.2, 0) is 0 Å². The first-order valence-electron chi connectivity index (χ1n) is 6.29. The zero-order valence-electron chi connectivity index (χ0n) is 10.8. The van der Waals surface area contributed by atoms with E-state index < -0.39 is 0 Å². The minimum atomic E-state index is 0.334. The molecule has 0 radical (unpaired) electrons. The van der Waals surface area contributed by atoms with Crippen LogP contribution in [0.3, 0.4) is 0 Å². The Morgan fingerprint density at radius 3 is 2.38 bits per heavy atom. The maximum Gasteiger partial charge on any atom is 0.0628 e. The number of nitrogens with one attached hydrogen (secondary N) is 1. The third kappa shape index (κ3) is 3.40. The van der Waals surface area contributed by atoms with Gasteiger partial charge in [-0.15, -0.1) is 0 Å². The van der Waals surface area contributed by atoms with Crippen molar-refractivity contribution in [3.8, 4) is 6.07 Å². The van der Waals surface area contributed by atoms with Crippen LogP contribution in [0.1, 0.15) is 46.0 Å². The highest BCUT2D eigenvalue weighted by atomic mass is 32.2. The van der Waals surface area contributed by atoms with Gasteiger partial charge in [-0.3, -0.25) is 0 Å². The number of thioether (sulfide) groups is 1. The number of nitriles is 1. The standard InChI is InChI=1S/C13H24N2S/c1-4-13(5-2,16-3)11-15-10-12(6-7-12)8-9-14/h15H,4-8,10-11H2,1-3H3. The number of rotatable bonds is 8. The topological polar surface area (TPSA) is 35.8 Å². The van der Waals surface area contributed by atoms with Gasteiger partial charge in [-0.2, -0.15) is 17.0 Å². The van der Waals surface area contributed by atoms with Crippen molar-refractivity contribution in [3.63, 3.8) is 0 Å². The van der Waals surface area contributed by atoms with Gasteiger partial charge in [-0.1, -0.05) is 13.8 Å². The van der Waals surface area contributed by atoms with Crippen molar-refractivity contribution in [1.29, 1.82) is 5.26 Å². The summed E-state index contributed by atoms with van der Waals surface area (Å²) in [6.07, 6.45) is 7.82. The van der Waals surface area contributed by atoms with Crippen molar-refractivity contribution in [1.82, 2.24) is 5.32 Å². The predicted octanol–water partition coefficient (Wildman–Crippen LogP) is 3.19. The lowest BCUT2D eigenvalue weighted by atomic mass is 10.00. The molecule has 1 aliphatic rings. The second kappa shape index (κ2) is 5.93. The largest absolute Gasteiger partial charge is 0.315 e. The third-order valence-electron chi connectivity index (χ3n) is 4.08. The summed E-state index contributed by atoms with van der Waals surface area (Å²) in [4.78, 5) is 0. The van der Waals surface area contributed by atoms with E-state index in [1.807, 2.05) is 11.8 Å². The maximum atomic E-state index is 8.76. The van der Waals surface area contributed by atoms with Gasteiger partial charge < -0.3 is 5.32 Å². The lowest BCUT2D eigenvalue weighted by Crippen LogP contribution is -2.39. The van der Waals surface area contributed by atoms with E-state index in [-0.39, 0.29) is 0 Å². The van der Waals surface area contributed by atoms with E-state index >= 15 is 0 Å². The Bertz CT molecular complexity index is 241. The molecule has 1 rings (SSSR count). The summed E-state index contributed by atoms with van der Waals surface area (Å²) >= 11 is 1.97. The molecule has 0 aliphatic heterocycles. The van der Waals surface area contributed by atoms with Gasteiger partial charge in [0, 0.05) is 24.3 Å². The van der Waals surface area contributed by atoms with Gasteiger partial charge in [0.2, 0.25) is 0 Å². The van der Waals surface area contributed by atoms with Crippen LogP contribution in [0.2, 0.25) is 0 Å². The molecule has 0 aromatic rings. The molecule has 92 valence electrons. The van der Waals surface area contributed by atoms with Gasteiger partial charge in [0.1, 0.15) is 0 Å². The number of hydrogen-bond acceptors (Lipinski definition) is 3. The molecule has 0 heterocycles. The summed E-state index contributed by atoms with van der Waals surface area (Å²) in [7, 11) is 0. The first kappa shape index (κ1) is 13.9. The Labute approximate surface area is 104 Å². The minimum absolute atomic E-state index is 0.334. The molecule has 0 aromatic carbocycles. The molecule has 0 amide bonds. The average Bonchev–Trinajstić information content (AvgIpc) is 3.06. The minimum Gasteiger partial charge on any atom is -0.315 e. The third-order valence-corrected chi connectivity index (χ3v) is 5.67.